The van der Waals surface area contributed by atoms with E-state index >= 15 is 0 Å². The van der Waals surface area contributed by atoms with Gasteiger partial charge < -0.3 is 0 Å². The highest BCUT2D eigenvalue weighted by molar-refractivity contribution is 6.63. The molecule has 1 aliphatic rings. The predicted octanol–water partition coefficient (Wildman–Crippen LogP) is 1.90. The van der Waals surface area contributed by atoms with Gasteiger partial charge in [-0.2, -0.15) is 0 Å². The minimum absolute atomic E-state index is 0.0752. The van der Waals surface area contributed by atoms with Crippen LogP contribution in [0.4, 0.5) is 0 Å². The highest BCUT2D eigenvalue weighted by Gasteiger charge is 2.23. The fraction of sp³-hybridized carbons (Fsp3) is 0.750. The van der Waals surface area contributed by atoms with E-state index in [0.717, 1.165) is 19.3 Å². The first-order valence-electron chi connectivity index (χ1n) is 3.91. The van der Waals surface area contributed by atoms with Gasteiger partial charge >= 0.3 is 0 Å². The molecule has 1 atom stereocenters. The van der Waals surface area contributed by atoms with Crippen LogP contribution in [0.15, 0.2) is 0 Å². The second-order valence-corrected chi connectivity index (χ2v) is 3.39. The van der Waals surface area contributed by atoms with Gasteiger partial charge in [0.15, 0.2) is 0 Å². The van der Waals surface area contributed by atoms with Crippen LogP contribution in [0.3, 0.4) is 0 Å². The van der Waals surface area contributed by atoms with Gasteiger partial charge in [0.05, 0.1) is 0 Å². The molecule has 0 aliphatic heterocycles. The Bertz CT molecular complexity index is 177. The molecule has 1 fully saturated rings. The van der Waals surface area contributed by atoms with Crippen molar-refractivity contribution in [2.45, 2.75) is 32.1 Å². The maximum atomic E-state index is 11.1. The normalized spacial score (nSPS) is 25.2. The van der Waals surface area contributed by atoms with Gasteiger partial charge in [0.2, 0.25) is 5.24 Å². The number of Topliss-reactive ketones (excluding diaryl/α,β-unsaturated/α-hetero) is 1. The lowest BCUT2D eigenvalue weighted by Crippen LogP contribution is -2.20. The SMILES string of the molecule is O=C(Cl)C[C@H]1CCCCC1=O. The molecular weight excluding hydrogens is 164 g/mol. The molecule has 1 aliphatic carbocycles. The molecule has 0 saturated heterocycles. The van der Waals surface area contributed by atoms with Crippen molar-refractivity contribution < 1.29 is 9.59 Å². The fourth-order valence-electron chi connectivity index (χ4n) is 1.46. The Labute approximate surface area is 70.9 Å². The molecule has 1 saturated carbocycles. The quantitative estimate of drug-likeness (QED) is 0.600. The van der Waals surface area contributed by atoms with Crippen LogP contribution in [-0.4, -0.2) is 11.0 Å². The monoisotopic (exact) mass is 174 g/mol. The summed E-state index contributed by atoms with van der Waals surface area (Å²) < 4.78 is 0. The zero-order valence-electron chi connectivity index (χ0n) is 6.31. The van der Waals surface area contributed by atoms with Crippen LogP contribution in [0.25, 0.3) is 0 Å². The molecule has 0 radical (unpaired) electrons. The van der Waals surface area contributed by atoms with Crippen molar-refractivity contribution in [3.63, 3.8) is 0 Å². The van der Waals surface area contributed by atoms with Gasteiger partial charge in [0.25, 0.3) is 0 Å². The van der Waals surface area contributed by atoms with Crippen molar-refractivity contribution in [3.05, 3.63) is 0 Å². The van der Waals surface area contributed by atoms with E-state index in [1.54, 1.807) is 0 Å². The van der Waals surface area contributed by atoms with Crippen LogP contribution >= 0.6 is 11.6 Å². The van der Waals surface area contributed by atoms with Crippen molar-refractivity contribution in [1.82, 2.24) is 0 Å². The third kappa shape index (κ3) is 2.62. The number of halogens is 1. The number of carbonyl (C=O) groups is 2. The van der Waals surface area contributed by atoms with Crippen molar-refractivity contribution in [2.24, 2.45) is 5.92 Å². The minimum atomic E-state index is -0.384. The molecule has 0 unspecified atom stereocenters. The van der Waals surface area contributed by atoms with Gasteiger partial charge in [0, 0.05) is 18.8 Å². The van der Waals surface area contributed by atoms with Crippen LogP contribution in [0.2, 0.25) is 0 Å². The summed E-state index contributed by atoms with van der Waals surface area (Å²) in [6, 6.07) is 0. The zero-order chi connectivity index (χ0) is 8.27. The molecule has 0 N–H and O–H groups in total. The van der Waals surface area contributed by atoms with Crippen molar-refractivity contribution >= 4 is 22.6 Å². The van der Waals surface area contributed by atoms with Gasteiger partial charge in [0.1, 0.15) is 5.78 Å². The summed E-state index contributed by atoms with van der Waals surface area (Å²) in [5, 5.41) is -0.384. The molecule has 0 aromatic heterocycles. The number of hydrogen-bond donors (Lipinski definition) is 0. The van der Waals surface area contributed by atoms with E-state index in [4.69, 9.17) is 11.6 Å². The first kappa shape index (κ1) is 8.72. The van der Waals surface area contributed by atoms with E-state index in [1.165, 1.54) is 0 Å². The van der Waals surface area contributed by atoms with Gasteiger partial charge in [-0.15, -0.1) is 0 Å². The van der Waals surface area contributed by atoms with E-state index in [2.05, 4.69) is 0 Å². The number of carbonyl (C=O) groups excluding carboxylic acids is 2. The van der Waals surface area contributed by atoms with E-state index in [1.807, 2.05) is 0 Å². The Morgan fingerprint density at radius 2 is 2.27 bits per heavy atom. The molecular formula is C8H11ClO2. The van der Waals surface area contributed by atoms with E-state index in [9.17, 15) is 9.59 Å². The third-order valence-corrected chi connectivity index (χ3v) is 2.24. The Hall–Kier alpha value is -0.370. The van der Waals surface area contributed by atoms with Crippen molar-refractivity contribution in [3.8, 4) is 0 Å². The van der Waals surface area contributed by atoms with E-state index in [-0.39, 0.29) is 23.4 Å². The van der Waals surface area contributed by atoms with Gasteiger partial charge in [-0.1, -0.05) is 6.42 Å². The van der Waals surface area contributed by atoms with Crippen LogP contribution in [0, 0.1) is 5.92 Å². The third-order valence-electron chi connectivity index (χ3n) is 2.09. The first-order chi connectivity index (χ1) is 5.20. The van der Waals surface area contributed by atoms with Crippen LogP contribution < -0.4 is 0 Å². The molecule has 11 heavy (non-hydrogen) atoms. The first-order valence-corrected chi connectivity index (χ1v) is 4.29. The summed E-state index contributed by atoms with van der Waals surface area (Å²) in [6.45, 7) is 0. The highest BCUT2D eigenvalue weighted by Crippen LogP contribution is 2.23. The lowest BCUT2D eigenvalue weighted by molar-refractivity contribution is -0.127. The van der Waals surface area contributed by atoms with Crippen LogP contribution in [-0.2, 0) is 9.59 Å². The van der Waals surface area contributed by atoms with Crippen molar-refractivity contribution in [1.29, 1.82) is 0 Å². The second-order valence-electron chi connectivity index (χ2n) is 2.97. The molecule has 62 valence electrons. The van der Waals surface area contributed by atoms with Crippen LogP contribution in [0.1, 0.15) is 32.1 Å². The van der Waals surface area contributed by atoms with E-state index in [0.29, 0.717) is 6.42 Å². The standard InChI is InChI=1S/C8H11ClO2/c9-8(11)5-6-3-1-2-4-7(6)10/h6H,1-5H2/t6-/m1/s1. The maximum absolute atomic E-state index is 11.1. The number of rotatable bonds is 2. The maximum Gasteiger partial charge on any atom is 0.222 e. The summed E-state index contributed by atoms with van der Waals surface area (Å²) in [5.74, 6) is 0.138. The van der Waals surface area contributed by atoms with E-state index < -0.39 is 0 Å². The summed E-state index contributed by atoms with van der Waals surface area (Å²) >= 11 is 5.19. The molecule has 0 bridgehead atoms. The molecule has 2 nitrogen and oxygen atoms in total. The minimum Gasteiger partial charge on any atom is -0.299 e. The largest absolute Gasteiger partial charge is 0.299 e. The average Bonchev–Trinajstić information content (AvgIpc) is 1.93. The summed E-state index contributed by atoms with van der Waals surface area (Å²) in [5.41, 5.74) is 0. The Morgan fingerprint density at radius 1 is 1.55 bits per heavy atom. The molecule has 0 amide bonds. The average molecular weight is 175 g/mol. The van der Waals surface area contributed by atoms with Gasteiger partial charge in [-0.3, -0.25) is 9.59 Å². The lowest BCUT2D eigenvalue weighted by atomic mass is 9.86. The fourth-order valence-corrected chi connectivity index (χ4v) is 1.65. The number of hydrogen-bond acceptors (Lipinski definition) is 2. The molecule has 0 aromatic rings. The smallest absolute Gasteiger partial charge is 0.222 e. The zero-order valence-corrected chi connectivity index (χ0v) is 7.06. The molecule has 0 aromatic carbocycles. The summed E-state index contributed by atoms with van der Waals surface area (Å²) in [6.07, 6.45) is 3.75. The molecule has 3 heteroatoms. The topological polar surface area (TPSA) is 34.1 Å². The van der Waals surface area contributed by atoms with Crippen LogP contribution in [0.5, 0.6) is 0 Å². The van der Waals surface area contributed by atoms with Gasteiger partial charge in [-0.25, -0.2) is 0 Å². The van der Waals surface area contributed by atoms with Crippen molar-refractivity contribution in [2.75, 3.05) is 0 Å². The highest BCUT2D eigenvalue weighted by atomic mass is 35.5. The Kier molecular flexibility index (Phi) is 3.06. The predicted molar refractivity (Wildman–Crippen MR) is 42.4 cm³/mol. The molecule has 0 heterocycles. The van der Waals surface area contributed by atoms with Gasteiger partial charge in [-0.05, 0) is 24.4 Å². The Balaban J connectivity index is 2.42. The lowest BCUT2D eigenvalue weighted by Gasteiger charge is -2.18. The number of ketones is 1. The molecule has 1 rings (SSSR count). The Morgan fingerprint density at radius 3 is 2.82 bits per heavy atom. The molecule has 0 spiro atoms. The second kappa shape index (κ2) is 3.86. The summed E-state index contributed by atoms with van der Waals surface area (Å²) in [4.78, 5) is 21.6. The summed E-state index contributed by atoms with van der Waals surface area (Å²) in [7, 11) is 0.